The summed E-state index contributed by atoms with van der Waals surface area (Å²) in [5.74, 6) is 1.92. The molecule has 0 atom stereocenters. The lowest BCUT2D eigenvalue weighted by atomic mass is 10.3. The first-order chi connectivity index (χ1) is 7.79. The molecule has 0 fully saturated rings. The van der Waals surface area contributed by atoms with Crippen molar-refractivity contribution in [1.82, 2.24) is 4.98 Å². The molecule has 16 heavy (non-hydrogen) atoms. The van der Waals surface area contributed by atoms with Gasteiger partial charge in [-0.3, -0.25) is 4.98 Å². The number of ether oxygens (including phenoxy) is 1. The predicted molar refractivity (Wildman–Crippen MR) is 73.0 cm³/mol. The lowest BCUT2D eigenvalue weighted by Crippen LogP contribution is -1.90. The summed E-state index contributed by atoms with van der Waals surface area (Å²) in [5.41, 5.74) is 0.940. The number of pyridine rings is 1. The molecule has 0 spiro atoms. The van der Waals surface area contributed by atoms with Crippen LogP contribution in [0.1, 0.15) is 5.56 Å². The van der Waals surface area contributed by atoms with Crippen LogP contribution in [-0.2, 0) is 5.88 Å². The van der Waals surface area contributed by atoms with Crippen molar-refractivity contribution < 1.29 is 4.74 Å². The summed E-state index contributed by atoms with van der Waals surface area (Å²) >= 11 is 8.06. The SMILES string of the molecule is ClCc1ccncc1Oc1cccc(I)c1. The quantitative estimate of drug-likeness (QED) is 0.614. The van der Waals surface area contributed by atoms with Gasteiger partial charge in [0.15, 0.2) is 0 Å². The zero-order valence-corrected chi connectivity index (χ0v) is 11.3. The minimum atomic E-state index is 0.418. The standard InChI is InChI=1S/C12H9ClINO/c13-7-9-4-5-15-8-12(9)16-11-3-1-2-10(14)6-11/h1-6,8H,7H2. The van der Waals surface area contributed by atoms with Gasteiger partial charge in [-0.05, 0) is 46.9 Å². The second-order valence-electron chi connectivity index (χ2n) is 3.18. The molecule has 2 rings (SSSR count). The molecule has 82 valence electrons. The Morgan fingerprint density at radius 2 is 2.19 bits per heavy atom. The van der Waals surface area contributed by atoms with Crippen molar-refractivity contribution in [3.05, 3.63) is 51.9 Å². The topological polar surface area (TPSA) is 22.1 Å². The van der Waals surface area contributed by atoms with Gasteiger partial charge in [-0.25, -0.2) is 0 Å². The first-order valence-electron chi connectivity index (χ1n) is 4.72. The third-order valence-electron chi connectivity index (χ3n) is 2.04. The van der Waals surface area contributed by atoms with Crippen LogP contribution in [0.3, 0.4) is 0 Å². The Hall–Kier alpha value is -0.810. The average Bonchev–Trinajstić information content (AvgIpc) is 2.30. The molecule has 0 aliphatic heterocycles. The molecule has 0 N–H and O–H groups in total. The molecule has 0 aliphatic rings. The number of hydrogen-bond acceptors (Lipinski definition) is 2. The monoisotopic (exact) mass is 345 g/mol. The van der Waals surface area contributed by atoms with E-state index in [9.17, 15) is 0 Å². The van der Waals surface area contributed by atoms with E-state index in [1.54, 1.807) is 12.4 Å². The summed E-state index contributed by atoms with van der Waals surface area (Å²) in [5, 5.41) is 0. The van der Waals surface area contributed by atoms with Gasteiger partial charge in [0.2, 0.25) is 0 Å². The van der Waals surface area contributed by atoms with Crippen molar-refractivity contribution in [3.63, 3.8) is 0 Å². The third kappa shape index (κ3) is 2.86. The average molecular weight is 346 g/mol. The number of aromatic nitrogens is 1. The third-order valence-corrected chi connectivity index (χ3v) is 3.00. The van der Waals surface area contributed by atoms with Gasteiger partial charge in [0.05, 0.1) is 12.1 Å². The Kier molecular flexibility index (Phi) is 4.01. The summed E-state index contributed by atoms with van der Waals surface area (Å²) < 4.78 is 6.86. The van der Waals surface area contributed by atoms with Crippen molar-refractivity contribution in [1.29, 1.82) is 0 Å². The van der Waals surface area contributed by atoms with Gasteiger partial charge in [0, 0.05) is 15.3 Å². The summed E-state index contributed by atoms with van der Waals surface area (Å²) in [6.07, 6.45) is 3.39. The molecule has 0 unspecified atom stereocenters. The van der Waals surface area contributed by atoms with Crippen LogP contribution in [0.4, 0.5) is 0 Å². The van der Waals surface area contributed by atoms with Crippen molar-refractivity contribution >= 4 is 34.2 Å². The van der Waals surface area contributed by atoms with E-state index in [0.29, 0.717) is 11.6 Å². The largest absolute Gasteiger partial charge is 0.455 e. The molecule has 2 aromatic rings. The Morgan fingerprint density at radius 3 is 2.94 bits per heavy atom. The van der Waals surface area contributed by atoms with Crippen LogP contribution in [-0.4, -0.2) is 4.98 Å². The molecule has 0 radical (unpaired) electrons. The van der Waals surface area contributed by atoms with E-state index in [4.69, 9.17) is 16.3 Å². The van der Waals surface area contributed by atoms with Gasteiger partial charge in [-0.15, -0.1) is 11.6 Å². The van der Waals surface area contributed by atoms with E-state index in [0.717, 1.165) is 14.9 Å². The van der Waals surface area contributed by atoms with Crippen LogP contribution in [0.5, 0.6) is 11.5 Å². The van der Waals surface area contributed by atoms with Crippen LogP contribution >= 0.6 is 34.2 Å². The van der Waals surface area contributed by atoms with Gasteiger partial charge in [-0.2, -0.15) is 0 Å². The van der Waals surface area contributed by atoms with Gasteiger partial charge in [0.25, 0.3) is 0 Å². The minimum absolute atomic E-state index is 0.418. The fraction of sp³-hybridized carbons (Fsp3) is 0.0833. The number of rotatable bonds is 3. The highest BCUT2D eigenvalue weighted by molar-refractivity contribution is 14.1. The highest BCUT2D eigenvalue weighted by Gasteiger charge is 2.03. The molecule has 0 saturated carbocycles. The highest BCUT2D eigenvalue weighted by atomic mass is 127. The van der Waals surface area contributed by atoms with E-state index in [-0.39, 0.29) is 0 Å². The predicted octanol–water partition coefficient (Wildman–Crippen LogP) is 4.22. The van der Waals surface area contributed by atoms with Gasteiger partial charge >= 0.3 is 0 Å². The van der Waals surface area contributed by atoms with Crippen molar-refractivity contribution in [2.75, 3.05) is 0 Å². The van der Waals surface area contributed by atoms with Crippen LogP contribution < -0.4 is 4.74 Å². The fourth-order valence-electron chi connectivity index (χ4n) is 1.27. The van der Waals surface area contributed by atoms with E-state index >= 15 is 0 Å². The molecule has 0 amide bonds. The van der Waals surface area contributed by atoms with Crippen LogP contribution in [0, 0.1) is 3.57 Å². The first kappa shape index (κ1) is 11.7. The fourth-order valence-corrected chi connectivity index (χ4v) is 2.00. The zero-order chi connectivity index (χ0) is 11.4. The number of alkyl halides is 1. The molecule has 4 heteroatoms. The summed E-state index contributed by atoms with van der Waals surface area (Å²) in [7, 11) is 0. The molecule has 0 aliphatic carbocycles. The maximum absolute atomic E-state index is 5.82. The smallest absolute Gasteiger partial charge is 0.150 e. The molecule has 1 aromatic heterocycles. The van der Waals surface area contributed by atoms with E-state index in [1.165, 1.54) is 0 Å². The second-order valence-corrected chi connectivity index (χ2v) is 4.69. The first-order valence-corrected chi connectivity index (χ1v) is 6.33. The molecular weight excluding hydrogens is 336 g/mol. The van der Waals surface area contributed by atoms with Crippen LogP contribution in [0.15, 0.2) is 42.7 Å². The zero-order valence-electron chi connectivity index (χ0n) is 8.36. The molecule has 1 aromatic carbocycles. The normalized spacial score (nSPS) is 10.1. The maximum Gasteiger partial charge on any atom is 0.150 e. The molecule has 2 nitrogen and oxygen atoms in total. The number of halogens is 2. The minimum Gasteiger partial charge on any atom is -0.455 e. The molecule has 1 heterocycles. The lowest BCUT2D eigenvalue weighted by molar-refractivity contribution is 0.475. The number of benzene rings is 1. The molecule has 0 saturated heterocycles. The van der Waals surface area contributed by atoms with Crippen molar-refractivity contribution in [2.45, 2.75) is 5.88 Å². The van der Waals surface area contributed by atoms with Gasteiger partial charge in [0.1, 0.15) is 11.5 Å². The second kappa shape index (κ2) is 5.50. The Labute approximate surface area is 113 Å². The van der Waals surface area contributed by atoms with Gasteiger partial charge in [-0.1, -0.05) is 6.07 Å². The van der Waals surface area contributed by atoms with Crippen LogP contribution in [0.2, 0.25) is 0 Å². The van der Waals surface area contributed by atoms with E-state index in [2.05, 4.69) is 27.6 Å². The number of hydrogen-bond donors (Lipinski definition) is 0. The van der Waals surface area contributed by atoms with Crippen molar-refractivity contribution in [3.8, 4) is 11.5 Å². The van der Waals surface area contributed by atoms with Crippen LogP contribution in [0.25, 0.3) is 0 Å². The summed E-state index contributed by atoms with van der Waals surface area (Å²) in [4.78, 5) is 4.03. The Bertz CT molecular complexity index is 490. The Balaban J connectivity index is 2.26. The van der Waals surface area contributed by atoms with E-state index < -0.39 is 0 Å². The summed E-state index contributed by atoms with van der Waals surface area (Å²) in [6.45, 7) is 0. The molecule has 0 bridgehead atoms. The molecular formula is C12H9ClINO. The van der Waals surface area contributed by atoms with Crippen molar-refractivity contribution in [2.24, 2.45) is 0 Å². The maximum atomic E-state index is 5.82. The van der Waals surface area contributed by atoms with Gasteiger partial charge < -0.3 is 4.74 Å². The van der Waals surface area contributed by atoms with E-state index in [1.807, 2.05) is 30.3 Å². The Morgan fingerprint density at radius 1 is 1.31 bits per heavy atom. The lowest BCUT2D eigenvalue weighted by Gasteiger charge is -2.08. The number of nitrogens with zero attached hydrogens (tertiary/aromatic N) is 1. The summed E-state index contributed by atoms with van der Waals surface area (Å²) in [6, 6.07) is 9.70. The highest BCUT2D eigenvalue weighted by Crippen LogP contribution is 2.26.